The third-order valence-electron chi connectivity index (χ3n) is 2.16. The standard InChI is InChI=1S/C12H16BrN3O/c1-8(7-16(2)3)17-12-5-9(13)4-11(15)10(12)6-14/h4-5,8H,7,15H2,1-3H3/t8-/m1/s1. The van der Waals surface area contributed by atoms with E-state index in [-0.39, 0.29) is 6.10 Å². The van der Waals surface area contributed by atoms with Crippen molar-refractivity contribution in [1.82, 2.24) is 4.90 Å². The van der Waals surface area contributed by atoms with E-state index in [0.717, 1.165) is 11.0 Å². The van der Waals surface area contributed by atoms with Crippen molar-refractivity contribution in [2.75, 3.05) is 26.4 Å². The van der Waals surface area contributed by atoms with Gasteiger partial charge >= 0.3 is 0 Å². The first-order chi connectivity index (χ1) is 7.93. The minimum Gasteiger partial charge on any atom is -0.488 e. The van der Waals surface area contributed by atoms with Gasteiger partial charge in [-0.25, -0.2) is 0 Å². The van der Waals surface area contributed by atoms with Crippen molar-refractivity contribution < 1.29 is 4.74 Å². The highest BCUT2D eigenvalue weighted by atomic mass is 79.9. The number of nitriles is 1. The number of nitrogens with zero attached hydrogens (tertiary/aromatic N) is 2. The maximum absolute atomic E-state index is 9.05. The number of nitrogens with two attached hydrogens (primary N) is 1. The molecule has 0 heterocycles. The Bertz CT molecular complexity index is 440. The molecule has 4 nitrogen and oxygen atoms in total. The fourth-order valence-corrected chi connectivity index (χ4v) is 2.04. The van der Waals surface area contributed by atoms with Crippen LogP contribution in [0, 0.1) is 11.3 Å². The monoisotopic (exact) mass is 297 g/mol. The van der Waals surface area contributed by atoms with E-state index in [9.17, 15) is 0 Å². The highest BCUT2D eigenvalue weighted by Gasteiger charge is 2.12. The fourth-order valence-electron chi connectivity index (χ4n) is 1.58. The number of anilines is 1. The van der Waals surface area contributed by atoms with E-state index in [1.165, 1.54) is 0 Å². The van der Waals surface area contributed by atoms with E-state index < -0.39 is 0 Å². The van der Waals surface area contributed by atoms with Gasteiger partial charge in [-0.1, -0.05) is 15.9 Å². The zero-order valence-electron chi connectivity index (χ0n) is 10.2. The average Bonchev–Trinajstić information content (AvgIpc) is 2.15. The molecule has 1 atom stereocenters. The third-order valence-corrected chi connectivity index (χ3v) is 2.62. The van der Waals surface area contributed by atoms with Gasteiger partial charge < -0.3 is 15.4 Å². The predicted octanol–water partition coefficient (Wildman–Crippen LogP) is 2.23. The maximum atomic E-state index is 9.05. The van der Waals surface area contributed by atoms with E-state index in [2.05, 4.69) is 22.0 Å². The van der Waals surface area contributed by atoms with Crippen LogP contribution >= 0.6 is 15.9 Å². The van der Waals surface area contributed by atoms with Gasteiger partial charge in [-0.15, -0.1) is 0 Å². The molecule has 0 bridgehead atoms. The van der Waals surface area contributed by atoms with E-state index in [1.807, 2.05) is 25.9 Å². The quantitative estimate of drug-likeness (QED) is 0.866. The Morgan fingerprint density at radius 3 is 2.71 bits per heavy atom. The number of benzene rings is 1. The molecule has 1 rings (SSSR count). The molecular formula is C12H16BrN3O. The van der Waals surface area contributed by atoms with Gasteiger partial charge in [-0.2, -0.15) is 5.26 Å². The van der Waals surface area contributed by atoms with Gasteiger partial charge in [0.25, 0.3) is 0 Å². The van der Waals surface area contributed by atoms with Crippen molar-refractivity contribution in [1.29, 1.82) is 5.26 Å². The SMILES string of the molecule is C[C@H](CN(C)C)Oc1cc(Br)cc(N)c1C#N. The number of halogens is 1. The fraction of sp³-hybridized carbons (Fsp3) is 0.417. The predicted molar refractivity (Wildman–Crippen MR) is 71.9 cm³/mol. The van der Waals surface area contributed by atoms with Crippen LogP contribution in [-0.4, -0.2) is 31.6 Å². The third kappa shape index (κ3) is 3.91. The number of ether oxygens (including phenoxy) is 1. The Morgan fingerprint density at radius 1 is 1.53 bits per heavy atom. The highest BCUT2D eigenvalue weighted by Crippen LogP contribution is 2.29. The number of hydrogen-bond donors (Lipinski definition) is 1. The molecule has 92 valence electrons. The number of hydrogen-bond acceptors (Lipinski definition) is 4. The molecular weight excluding hydrogens is 282 g/mol. The molecule has 0 amide bonds. The molecule has 0 saturated heterocycles. The lowest BCUT2D eigenvalue weighted by Crippen LogP contribution is -2.28. The summed E-state index contributed by atoms with van der Waals surface area (Å²) in [5.41, 5.74) is 6.58. The van der Waals surface area contributed by atoms with Gasteiger partial charge in [0, 0.05) is 11.0 Å². The summed E-state index contributed by atoms with van der Waals surface area (Å²) in [5, 5.41) is 9.05. The maximum Gasteiger partial charge on any atom is 0.140 e. The molecule has 0 unspecified atom stereocenters. The van der Waals surface area contributed by atoms with Gasteiger partial charge in [-0.3, -0.25) is 0 Å². The number of rotatable bonds is 4. The van der Waals surface area contributed by atoms with Gasteiger partial charge in [-0.05, 0) is 33.2 Å². The average molecular weight is 298 g/mol. The number of likely N-dealkylation sites (N-methyl/N-ethyl adjacent to an activating group) is 1. The van der Waals surface area contributed by atoms with Crippen LogP contribution in [0.5, 0.6) is 5.75 Å². The zero-order chi connectivity index (χ0) is 13.0. The summed E-state index contributed by atoms with van der Waals surface area (Å²) in [5.74, 6) is 0.522. The molecule has 0 saturated carbocycles. The van der Waals surface area contributed by atoms with Gasteiger partial charge in [0.05, 0.1) is 5.69 Å². The summed E-state index contributed by atoms with van der Waals surface area (Å²) in [4.78, 5) is 2.03. The van der Waals surface area contributed by atoms with E-state index >= 15 is 0 Å². The first kappa shape index (κ1) is 13.8. The Labute approximate surface area is 110 Å². The second kappa shape index (κ2) is 5.89. The Hall–Kier alpha value is -1.25. The molecule has 0 aromatic heterocycles. The minimum atomic E-state index is -0.00852. The van der Waals surface area contributed by atoms with Crippen molar-refractivity contribution in [2.45, 2.75) is 13.0 Å². The first-order valence-electron chi connectivity index (χ1n) is 5.24. The van der Waals surface area contributed by atoms with Crippen LogP contribution in [0.25, 0.3) is 0 Å². The van der Waals surface area contributed by atoms with E-state index in [1.54, 1.807) is 12.1 Å². The summed E-state index contributed by atoms with van der Waals surface area (Å²) in [6, 6.07) is 5.53. The van der Waals surface area contributed by atoms with Crippen molar-refractivity contribution in [3.8, 4) is 11.8 Å². The molecule has 0 spiro atoms. The van der Waals surface area contributed by atoms with Crippen LogP contribution in [0.1, 0.15) is 12.5 Å². The second-order valence-electron chi connectivity index (χ2n) is 4.17. The molecule has 0 fully saturated rings. The van der Waals surface area contributed by atoms with Gasteiger partial charge in [0.2, 0.25) is 0 Å². The van der Waals surface area contributed by atoms with Gasteiger partial charge in [0.15, 0.2) is 0 Å². The van der Waals surface area contributed by atoms with Crippen LogP contribution in [0.15, 0.2) is 16.6 Å². The zero-order valence-corrected chi connectivity index (χ0v) is 11.8. The minimum absolute atomic E-state index is 0.00852. The van der Waals surface area contributed by atoms with Crippen LogP contribution in [-0.2, 0) is 0 Å². The van der Waals surface area contributed by atoms with Crippen LogP contribution in [0.3, 0.4) is 0 Å². The molecule has 0 aliphatic carbocycles. The van der Waals surface area contributed by atoms with E-state index in [0.29, 0.717) is 17.0 Å². The summed E-state index contributed by atoms with van der Waals surface area (Å²) >= 11 is 3.34. The molecule has 1 aromatic rings. The molecule has 1 aromatic carbocycles. The summed E-state index contributed by atoms with van der Waals surface area (Å²) in [6.07, 6.45) is -0.00852. The topological polar surface area (TPSA) is 62.3 Å². The molecule has 5 heteroatoms. The Kier molecular flexibility index (Phi) is 4.79. The van der Waals surface area contributed by atoms with Crippen LogP contribution in [0.4, 0.5) is 5.69 Å². The molecule has 2 N–H and O–H groups in total. The highest BCUT2D eigenvalue weighted by molar-refractivity contribution is 9.10. The Morgan fingerprint density at radius 2 is 2.18 bits per heavy atom. The normalized spacial score (nSPS) is 12.2. The van der Waals surface area contributed by atoms with Gasteiger partial charge in [0.1, 0.15) is 23.5 Å². The summed E-state index contributed by atoms with van der Waals surface area (Å²) in [7, 11) is 3.95. The molecule has 17 heavy (non-hydrogen) atoms. The smallest absolute Gasteiger partial charge is 0.140 e. The summed E-state index contributed by atoms with van der Waals surface area (Å²) in [6.45, 7) is 2.73. The molecule has 0 aliphatic heterocycles. The molecule has 0 radical (unpaired) electrons. The lowest BCUT2D eigenvalue weighted by molar-refractivity contribution is 0.176. The largest absolute Gasteiger partial charge is 0.488 e. The van der Waals surface area contributed by atoms with Crippen molar-refractivity contribution in [3.63, 3.8) is 0 Å². The second-order valence-corrected chi connectivity index (χ2v) is 5.09. The van der Waals surface area contributed by atoms with E-state index in [4.69, 9.17) is 15.7 Å². The van der Waals surface area contributed by atoms with Crippen LogP contribution in [0.2, 0.25) is 0 Å². The van der Waals surface area contributed by atoms with Crippen molar-refractivity contribution >= 4 is 21.6 Å². The lowest BCUT2D eigenvalue weighted by atomic mass is 10.2. The van der Waals surface area contributed by atoms with Crippen molar-refractivity contribution in [2.24, 2.45) is 0 Å². The molecule has 0 aliphatic rings. The summed E-state index contributed by atoms with van der Waals surface area (Å²) < 4.78 is 6.54. The number of nitrogen functional groups attached to an aromatic ring is 1. The van der Waals surface area contributed by atoms with Crippen LogP contribution < -0.4 is 10.5 Å². The lowest BCUT2D eigenvalue weighted by Gasteiger charge is -2.20. The Balaban J connectivity index is 2.94. The first-order valence-corrected chi connectivity index (χ1v) is 6.04. The van der Waals surface area contributed by atoms with Crippen molar-refractivity contribution in [3.05, 3.63) is 22.2 Å².